The van der Waals surface area contributed by atoms with Gasteiger partial charge in [-0.15, -0.1) is 16.4 Å². The van der Waals surface area contributed by atoms with Crippen LogP contribution in [0.4, 0.5) is 0 Å². The summed E-state index contributed by atoms with van der Waals surface area (Å²) < 4.78 is 2.45. The van der Waals surface area contributed by atoms with E-state index in [4.69, 9.17) is 5.11 Å². The molecule has 0 spiro atoms. The lowest BCUT2D eigenvalue weighted by atomic mass is 10.1. The Kier molecular flexibility index (Phi) is 3.85. The van der Waals surface area contributed by atoms with Crippen LogP contribution in [0.2, 0.25) is 0 Å². The van der Waals surface area contributed by atoms with Gasteiger partial charge in [-0.2, -0.15) is 0 Å². The topological polar surface area (TPSA) is 93.8 Å². The molecule has 2 aromatic heterocycles. The number of hydrogen-bond donors (Lipinski definition) is 1. The van der Waals surface area contributed by atoms with Gasteiger partial charge < -0.3 is 5.11 Å². The second kappa shape index (κ2) is 5.25. The Balaban J connectivity index is 2.16. The summed E-state index contributed by atoms with van der Waals surface area (Å²) in [5, 5.41) is 22.7. The number of carboxylic acid groups (broad SMARTS) is 1. The van der Waals surface area contributed by atoms with Gasteiger partial charge in [0.1, 0.15) is 0 Å². The van der Waals surface area contributed by atoms with Gasteiger partial charge in [0.2, 0.25) is 5.16 Å². The van der Waals surface area contributed by atoms with Gasteiger partial charge in [-0.25, -0.2) is 9.67 Å². The monoisotopic (exact) mass is 299 g/mol. The molecule has 0 saturated carbocycles. The van der Waals surface area contributed by atoms with Gasteiger partial charge in [0.15, 0.2) is 4.34 Å². The molecule has 2 aromatic rings. The molecule has 0 aliphatic carbocycles. The zero-order valence-corrected chi connectivity index (χ0v) is 12.3. The molecule has 0 aliphatic rings. The molecular formula is C10H13N5O2S2. The number of aromatic nitrogens is 5. The molecule has 0 bridgehead atoms. The quantitative estimate of drug-likeness (QED) is 0.917. The summed E-state index contributed by atoms with van der Waals surface area (Å²) >= 11 is 2.73. The number of thiazole rings is 1. The maximum absolute atomic E-state index is 10.6. The number of nitrogens with zero attached hydrogens (tertiary/aromatic N) is 5. The predicted molar refractivity (Wildman–Crippen MR) is 70.4 cm³/mol. The smallest absolute Gasteiger partial charge is 0.309 e. The highest BCUT2D eigenvalue weighted by Crippen LogP contribution is 2.30. The van der Waals surface area contributed by atoms with E-state index >= 15 is 0 Å². The summed E-state index contributed by atoms with van der Waals surface area (Å²) in [6.45, 7) is 6.02. The van der Waals surface area contributed by atoms with Gasteiger partial charge in [0, 0.05) is 5.38 Å². The molecule has 0 aliphatic heterocycles. The van der Waals surface area contributed by atoms with Gasteiger partial charge in [-0.3, -0.25) is 4.79 Å². The van der Waals surface area contributed by atoms with Crippen LogP contribution in [0.3, 0.4) is 0 Å². The minimum atomic E-state index is -0.888. The van der Waals surface area contributed by atoms with Crippen LogP contribution in [0.5, 0.6) is 0 Å². The standard InChI is InChI=1S/C10H13N5O2S2/c1-10(2,3)15-8(12-13-14-15)19-9-11-6(5-18-9)4-7(16)17/h5H,4H2,1-3H3,(H,16,17). The summed E-state index contributed by atoms with van der Waals surface area (Å²) in [7, 11) is 0. The van der Waals surface area contributed by atoms with Gasteiger partial charge in [0.25, 0.3) is 0 Å². The number of carbonyl (C=O) groups is 1. The number of aliphatic carboxylic acids is 1. The van der Waals surface area contributed by atoms with Crippen LogP contribution >= 0.6 is 23.1 Å². The molecule has 0 unspecified atom stereocenters. The summed E-state index contributed by atoms with van der Waals surface area (Å²) in [5.41, 5.74) is 0.335. The van der Waals surface area contributed by atoms with Gasteiger partial charge >= 0.3 is 5.97 Å². The number of carboxylic acids is 1. The molecule has 102 valence electrons. The third kappa shape index (κ3) is 3.51. The lowest BCUT2D eigenvalue weighted by Crippen LogP contribution is -2.24. The maximum atomic E-state index is 10.6. The maximum Gasteiger partial charge on any atom is 0.309 e. The van der Waals surface area contributed by atoms with E-state index in [0.29, 0.717) is 10.9 Å². The first-order valence-corrected chi connectivity index (χ1v) is 7.19. The highest BCUT2D eigenvalue weighted by molar-refractivity contribution is 8.00. The Bertz CT molecular complexity index is 587. The third-order valence-electron chi connectivity index (χ3n) is 2.12. The minimum absolute atomic E-state index is 0.0682. The summed E-state index contributed by atoms with van der Waals surface area (Å²) in [5.74, 6) is -0.888. The van der Waals surface area contributed by atoms with Gasteiger partial charge in [-0.1, -0.05) is 0 Å². The largest absolute Gasteiger partial charge is 0.481 e. The average Bonchev–Trinajstić information content (AvgIpc) is 2.86. The number of tetrazole rings is 1. The van der Waals surface area contributed by atoms with E-state index in [-0.39, 0.29) is 12.0 Å². The predicted octanol–water partition coefficient (Wildman–Crippen LogP) is 1.66. The summed E-state index contributed by atoms with van der Waals surface area (Å²) in [6, 6.07) is 0. The van der Waals surface area contributed by atoms with Gasteiger partial charge in [-0.05, 0) is 43.0 Å². The average molecular weight is 299 g/mol. The first-order chi connectivity index (χ1) is 8.86. The fourth-order valence-electron chi connectivity index (χ4n) is 1.31. The zero-order valence-electron chi connectivity index (χ0n) is 10.7. The summed E-state index contributed by atoms with van der Waals surface area (Å²) in [6.07, 6.45) is -0.0682. The van der Waals surface area contributed by atoms with Crippen molar-refractivity contribution in [3.8, 4) is 0 Å². The molecule has 1 N–H and O–H groups in total. The van der Waals surface area contributed by atoms with Crippen LogP contribution in [-0.4, -0.2) is 36.3 Å². The van der Waals surface area contributed by atoms with Crippen molar-refractivity contribution in [3.63, 3.8) is 0 Å². The van der Waals surface area contributed by atoms with Crippen LogP contribution in [0, 0.1) is 0 Å². The molecule has 7 nitrogen and oxygen atoms in total. The van der Waals surface area contributed by atoms with Crippen LogP contribution in [0.25, 0.3) is 0 Å². The number of rotatable bonds is 4. The minimum Gasteiger partial charge on any atom is -0.481 e. The lowest BCUT2D eigenvalue weighted by molar-refractivity contribution is -0.136. The molecule has 19 heavy (non-hydrogen) atoms. The molecule has 2 rings (SSSR count). The van der Waals surface area contributed by atoms with Crippen LogP contribution < -0.4 is 0 Å². The van der Waals surface area contributed by atoms with E-state index in [0.717, 1.165) is 4.34 Å². The fraction of sp³-hybridized carbons (Fsp3) is 0.500. The molecule has 0 amide bonds. The van der Waals surface area contributed by atoms with Crippen molar-refractivity contribution >= 4 is 29.1 Å². The van der Waals surface area contributed by atoms with Crippen molar-refractivity contribution in [2.24, 2.45) is 0 Å². The van der Waals surface area contributed by atoms with Gasteiger partial charge in [0.05, 0.1) is 17.7 Å². The van der Waals surface area contributed by atoms with Crippen LogP contribution in [0.15, 0.2) is 14.9 Å². The van der Waals surface area contributed by atoms with Crippen LogP contribution in [0.1, 0.15) is 26.5 Å². The third-order valence-corrected chi connectivity index (χ3v) is 4.04. The van der Waals surface area contributed by atoms with E-state index in [1.165, 1.54) is 23.1 Å². The molecule has 0 radical (unpaired) electrons. The Morgan fingerprint density at radius 1 is 1.53 bits per heavy atom. The molecule has 0 aromatic carbocycles. The van der Waals surface area contributed by atoms with E-state index in [1.807, 2.05) is 20.8 Å². The molecular weight excluding hydrogens is 286 g/mol. The second-order valence-corrected chi connectivity index (χ2v) is 6.89. The van der Waals surface area contributed by atoms with Crippen molar-refractivity contribution < 1.29 is 9.90 Å². The normalized spacial score (nSPS) is 11.7. The van der Waals surface area contributed by atoms with E-state index < -0.39 is 5.97 Å². The molecule has 0 saturated heterocycles. The fourth-order valence-corrected chi connectivity index (χ4v) is 3.21. The molecule has 0 atom stereocenters. The highest BCUT2D eigenvalue weighted by Gasteiger charge is 2.21. The van der Waals surface area contributed by atoms with Crippen molar-refractivity contribution in [2.75, 3.05) is 0 Å². The number of hydrogen-bond acceptors (Lipinski definition) is 7. The first-order valence-electron chi connectivity index (χ1n) is 5.49. The van der Waals surface area contributed by atoms with Crippen molar-refractivity contribution in [3.05, 3.63) is 11.1 Å². The Hall–Kier alpha value is -1.48. The highest BCUT2D eigenvalue weighted by atomic mass is 32.2. The van der Waals surface area contributed by atoms with Crippen LogP contribution in [-0.2, 0) is 16.8 Å². The molecule has 9 heteroatoms. The van der Waals surface area contributed by atoms with E-state index in [9.17, 15) is 4.79 Å². The first kappa shape index (κ1) is 13.9. The van der Waals surface area contributed by atoms with Crippen molar-refractivity contribution in [2.45, 2.75) is 42.2 Å². The summed E-state index contributed by atoms with van der Waals surface area (Å²) in [4.78, 5) is 14.8. The molecule has 0 fully saturated rings. The SMILES string of the molecule is CC(C)(C)n1nnnc1Sc1nc(CC(=O)O)cs1. The van der Waals surface area contributed by atoms with Crippen molar-refractivity contribution in [1.29, 1.82) is 0 Å². The Morgan fingerprint density at radius 3 is 2.89 bits per heavy atom. The Labute approximate surface area is 118 Å². The van der Waals surface area contributed by atoms with E-state index in [1.54, 1.807) is 10.1 Å². The molecule has 2 heterocycles. The Morgan fingerprint density at radius 2 is 2.26 bits per heavy atom. The van der Waals surface area contributed by atoms with Crippen molar-refractivity contribution in [1.82, 2.24) is 25.2 Å². The van der Waals surface area contributed by atoms with E-state index in [2.05, 4.69) is 20.5 Å². The zero-order chi connectivity index (χ0) is 14.0. The second-order valence-electron chi connectivity index (χ2n) is 4.82. The lowest BCUT2D eigenvalue weighted by Gasteiger charge is -2.18.